The fraction of sp³-hybridized carbons (Fsp3) is 0.529. The molecule has 0 aliphatic carbocycles. The van der Waals surface area contributed by atoms with E-state index in [2.05, 4.69) is 71.8 Å². The van der Waals surface area contributed by atoms with E-state index in [0.717, 1.165) is 39.9 Å². The number of rotatable bonds is 14. The molecule has 0 fully saturated rings. The Balaban J connectivity index is 0.000000361. The molecule has 4 aromatic rings. The molecule has 0 spiro atoms. The molecular weight excluding hydrogens is 696 g/mol. The molecule has 14 N–H and O–H groups in total. The SMILES string of the molecule is CNCc1[nH]c(=O)c(CNC)nc1C.CNCc1[nH]c(=O)c(CNC)nc1C.CNCc1[nH]c(=O)c(CNC)nc1C.Cc1nc(CN)c(=O)[nH]c1CN. The largest absolute Gasteiger partial charge is 0.325 e. The first-order valence-corrected chi connectivity index (χ1v) is 17.4. The van der Waals surface area contributed by atoms with Gasteiger partial charge in [0.1, 0.15) is 22.8 Å². The predicted octanol–water partition coefficient (Wildman–Crippen LogP) is -2.45. The third-order valence-electron chi connectivity index (χ3n) is 7.55. The first-order valence-electron chi connectivity index (χ1n) is 17.4. The van der Waals surface area contributed by atoms with Gasteiger partial charge in [0, 0.05) is 52.4 Å². The molecule has 4 aromatic heterocycles. The zero-order valence-electron chi connectivity index (χ0n) is 33.2. The quantitative estimate of drug-likeness (QED) is 0.0635. The Morgan fingerprint density at radius 1 is 0.389 bits per heavy atom. The van der Waals surface area contributed by atoms with E-state index < -0.39 is 0 Å². The highest BCUT2D eigenvalue weighted by Gasteiger charge is 2.08. The number of aryl methyl sites for hydroxylation is 4. The highest BCUT2D eigenvalue weighted by atomic mass is 16.1. The van der Waals surface area contributed by atoms with E-state index in [1.54, 1.807) is 28.1 Å². The Kier molecular flexibility index (Phi) is 22.1. The zero-order chi connectivity index (χ0) is 40.8. The summed E-state index contributed by atoms with van der Waals surface area (Å²) in [6.45, 7) is 11.3. The summed E-state index contributed by atoms with van der Waals surface area (Å²) in [4.78, 5) is 73.3. The van der Waals surface area contributed by atoms with E-state index >= 15 is 0 Å². The highest BCUT2D eigenvalue weighted by Crippen LogP contribution is 2.01. The molecule has 0 atom stereocenters. The van der Waals surface area contributed by atoms with Gasteiger partial charge in [0.2, 0.25) is 0 Å². The van der Waals surface area contributed by atoms with Gasteiger partial charge in [-0.25, -0.2) is 19.9 Å². The Hall–Kier alpha value is -4.80. The lowest BCUT2D eigenvalue weighted by molar-refractivity contribution is 0.729. The van der Waals surface area contributed by atoms with Crippen LogP contribution in [0.2, 0.25) is 0 Å². The molecule has 0 aliphatic rings. The van der Waals surface area contributed by atoms with Gasteiger partial charge in [0.05, 0.1) is 45.6 Å². The molecule has 54 heavy (non-hydrogen) atoms. The number of nitrogens with one attached hydrogen (secondary N) is 10. The van der Waals surface area contributed by atoms with E-state index in [-0.39, 0.29) is 28.8 Å². The van der Waals surface area contributed by atoms with Crippen molar-refractivity contribution >= 4 is 0 Å². The molecule has 0 saturated carbocycles. The molecular formula is C34H60N16O4. The lowest BCUT2D eigenvalue weighted by Crippen LogP contribution is -2.24. The minimum atomic E-state index is -0.247. The summed E-state index contributed by atoms with van der Waals surface area (Å²) in [5, 5.41) is 17.6. The maximum Gasteiger partial charge on any atom is 0.271 e. The average Bonchev–Trinajstić information content (AvgIpc) is 3.13. The van der Waals surface area contributed by atoms with E-state index in [9.17, 15) is 19.2 Å². The number of aromatic nitrogens is 8. The van der Waals surface area contributed by atoms with Crippen LogP contribution in [-0.4, -0.2) is 82.2 Å². The normalized spacial score (nSPS) is 10.4. The van der Waals surface area contributed by atoms with Crippen LogP contribution in [0, 0.1) is 27.7 Å². The molecule has 0 bridgehead atoms. The van der Waals surface area contributed by atoms with E-state index in [4.69, 9.17) is 11.5 Å². The van der Waals surface area contributed by atoms with Crippen molar-refractivity contribution in [1.82, 2.24) is 71.8 Å². The van der Waals surface area contributed by atoms with Gasteiger partial charge in [0.15, 0.2) is 0 Å². The van der Waals surface area contributed by atoms with E-state index in [0.29, 0.717) is 74.3 Å². The summed E-state index contributed by atoms with van der Waals surface area (Å²) in [6, 6.07) is 0. The van der Waals surface area contributed by atoms with Crippen molar-refractivity contribution in [1.29, 1.82) is 0 Å². The summed E-state index contributed by atoms with van der Waals surface area (Å²) in [5.74, 6) is 0. The van der Waals surface area contributed by atoms with Crippen molar-refractivity contribution in [3.05, 3.63) is 110 Å². The fourth-order valence-corrected chi connectivity index (χ4v) is 4.73. The average molecular weight is 757 g/mol. The monoisotopic (exact) mass is 756 g/mol. The van der Waals surface area contributed by atoms with E-state index in [1.807, 2.05) is 41.9 Å². The molecule has 0 radical (unpaired) electrons. The number of aromatic amines is 4. The van der Waals surface area contributed by atoms with Crippen molar-refractivity contribution in [3.8, 4) is 0 Å². The van der Waals surface area contributed by atoms with Crippen molar-refractivity contribution in [3.63, 3.8) is 0 Å². The summed E-state index contributed by atoms with van der Waals surface area (Å²) in [5.41, 5.74) is 18.5. The minimum Gasteiger partial charge on any atom is -0.325 e. The van der Waals surface area contributed by atoms with Gasteiger partial charge < -0.3 is 63.3 Å². The van der Waals surface area contributed by atoms with Crippen LogP contribution < -0.4 is 65.6 Å². The van der Waals surface area contributed by atoms with Gasteiger partial charge in [0.25, 0.3) is 22.2 Å². The van der Waals surface area contributed by atoms with Crippen LogP contribution in [0.15, 0.2) is 19.2 Å². The topological polar surface area (TPSA) is 307 Å². The molecule has 300 valence electrons. The van der Waals surface area contributed by atoms with Crippen LogP contribution in [0.1, 0.15) is 68.3 Å². The Bertz CT molecular complexity index is 1800. The number of hydrogen-bond acceptors (Lipinski definition) is 16. The van der Waals surface area contributed by atoms with Crippen molar-refractivity contribution in [2.24, 2.45) is 11.5 Å². The second kappa shape index (κ2) is 25.3. The lowest BCUT2D eigenvalue weighted by Gasteiger charge is -2.06. The highest BCUT2D eigenvalue weighted by molar-refractivity contribution is 5.15. The van der Waals surface area contributed by atoms with Crippen LogP contribution in [0.4, 0.5) is 0 Å². The molecule has 0 unspecified atom stereocenters. The van der Waals surface area contributed by atoms with Gasteiger partial charge in [-0.05, 0) is 70.0 Å². The molecule has 0 aliphatic heterocycles. The van der Waals surface area contributed by atoms with Crippen LogP contribution >= 0.6 is 0 Å². The molecule has 0 amide bonds. The first kappa shape index (κ1) is 47.2. The van der Waals surface area contributed by atoms with Crippen LogP contribution in [0.5, 0.6) is 0 Å². The third kappa shape index (κ3) is 15.3. The van der Waals surface area contributed by atoms with Crippen LogP contribution in [-0.2, 0) is 52.4 Å². The predicted molar refractivity (Wildman–Crippen MR) is 211 cm³/mol. The second-order valence-corrected chi connectivity index (χ2v) is 11.9. The van der Waals surface area contributed by atoms with Crippen molar-refractivity contribution < 1.29 is 0 Å². The summed E-state index contributed by atoms with van der Waals surface area (Å²) in [6.07, 6.45) is 0. The van der Waals surface area contributed by atoms with Gasteiger partial charge in [-0.1, -0.05) is 0 Å². The Morgan fingerprint density at radius 3 is 0.889 bits per heavy atom. The third-order valence-corrected chi connectivity index (χ3v) is 7.55. The van der Waals surface area contributed by atoms with Gasteiger partial charge in [-0.3, -0.25) is 19.2 Å². The smallest absolute Gasteiger partial charge is 0.271 e. The summed E-state index contributed by atoms with van der Waals surface area (Å²) < 4.78 is 0. The maximum absolute atomic E-state index is 11.5. The second-order valence-electron chi connectivity index (χ2n) is 11.9. The summed E-state index contributed by atoms with van der Waals surface area (Å²) >= 11 is 0. The number of nitrogens with two attached hydrogens (primary N) is 2. The fourth-order valence-electron chi connectivity index (χ4n) is 4.73. The summed E-state index contributed by atoms with van der Waals surface area (Å²) in [7, 11) is 10.9. The Morgan fingerprint density at radius 2 is 0.630 bits per heavy atom. The maximum atomic E-state index is 11.5. The molecule has 4 rings (SSSR count). The number of hydrogen-bond donors (Lipinski definition) is 12. The molecule has 4 heterocycles. The van der Waals surface area contributed by atoms with Crippen LogP contribution in [0.3, 0.4) is 0 Å². The van der Waals surface area contributed by atoms with Gasteiger partial charge in [-0.2, -0.15) is 0 Å². The lowest BCUT2D eigenvalue weighted by atomic mass is 10.3. The molecule has 20 nitrogen and oxygen atoms in total. The Labute approximate surface area is 315 Å². The van der Waals surface area contributed by atoms with Crippen molar-refractivity contribution in [2.75, 3.05) is 42.3 Å². The molecule has 20 heteroatoms. The van der Waals surface area contributed by atoms with Gasteiger partial charge >= 0.3 is 0 Å². The zero-order valence-corrected chi connectivity index (χ0v) is 33.2. The van der Waals surface area contributed by atoms with Crippen molar-refractivity contribution in [2.45, 2.75) is 80.1 Å². The first-order chi connectivity index (χ1) is 25.7. The minimum absolute atomic E-state index is 0.116. The number of H-pyrrole nitrogens is 4. The standard InChI is InChI=1S/3C9H16N4O.C7H12N4O/c3*1-6-7(4-10-2)13-9(14)8(12-6)5-11-3;1-4-5(2-8)11-7(12)6(3-9)10-4/h3*10-11H,4-5H2,1-3H3,(H,13,14);2-3,8-9H2,1H3,(H,11,12). The molecule has 0 saturated heterocycles. The van der Waals surface area contributed by atoms with E-state index in [1.165, 1.54) is 0 Å². The van der Waals surface area contributed by atoms with Crippen LogP contribution in [0.25, 0.3) is 0 Å². The van der Waals surface area contributed by atoms with Gasteiger partial charge in [-0.15, -0.1) is 0 Å². The molecule has 0 aromatic carbocycles. The number of nitrogens with zero attached hydrogens (tertiary/aromatic N) is 4.